The summed E-state index contributed by atoms with van der Waals surface area (Å²) >= 11 is 0. The molecule has 0 unspecified atom stereocenters. The van der Waals surface area contributed by atoms with Crippen molar-refractivity contribution in [1.29, 1.82) is 0 Å². The number of guanidine groups is 1. The number of aliphatic imine (C=N–C) groups is 1. The van der Waals surface area contributed by atoms with Crippen LogP contribution in [0.25, 0.3) is 0 Å². The fourth-order valence-electron chi connectivity index (χ4n) is 2.75. The van der Waals surface area contributed by atoms with Gasteiger partial charge in [0, 0.05) is 46.6 Å². The maximum atomic E-state index is 5.78. The van der Waals surface area contributed by atoms with Gasteiger partial charge in [0.05, 0.1) is 0 Å². The summed E-state index contributed by atoms with van der Waals surface area (Å²) in [6.07, 6.45) is 7.01. The lowest BCUT2D eigenvalue weighted by Gasteiger charge is -2.21. The minimum absolute atomic E-state index is 0.435. The SMILES string of the molecule is CN=C(NCCCCC(C)(C)C)NCCCOCC1CCOCC1. The Bertz CT molecular complexity index is 334. The van der Waals surface area contributed by atoms with Crippen LogP contribution in [0.1, 0.15) is 59.3 Å². The highest BCUT2D eigenvalue weighted by Crippen LogP contribution is 2.21. The van der Waals surface area contributed by atoms with E-state index < -0.39 is 0 Å². The Morgan fingerprint density at radius 1 is 1.08 bits per heavy atom. The maximum absolute atomic E-state index is 5.78. The molecule has 0 aromatic heterocycles. The first kappa shape index (κ1) is 21.2. The van der Waals surface area contributed by atoms with Crippen LogP contribution in [0.4, 0.5) is 0 Å². The molecule has 0 spiro atoms. The van der Waals surface area contributed by atoms with Crippen molar-refractivity contribution in [2.24, 2.45) is 16.3 Å². The normalized spacial score (nSPS) is 17.1. The molecule has 5 nitrogen and oxygen atoms in total. The second-order valence-electron chi connectivity index (χ2n) is 7.93. The third kappa shape index (κ3) is 11.7. The Kier molecular flexibility index (Phi) is 11.1. The van der Waals surface area contributed by atoms with Crippen LogP contribution in [0.15, 0.2) is 4.99 Å². The van der Waals surface area contributed by atoms with Gasteiger partial charge in [-0.15, -0.1) is 0 Å². The molecule has 0 aliphatic carbocycles. The van der Waals surface area contributed by atoms with Gasteiger partial charge in [-0.2, -0.15) is 0 Å². The van der Waals surface area contributed by atoms with E-state index in [4.69, 9.17) is 9.47 Å². The fraction of sp³-hybridized carbons (Fsp3) is 0.947. The van der Waals surface area contributed by atoms with Crippen LogP contribution in [0.3, 0.4) is 0 Å². The number of rotatable bonds is 10. The Morgan fingerprint density at radius 2 is 1.75 bits per heavy atom. The lowest BCUT2D eigenvalue weighted by atomic mass is 9.90. The van der Waals surface area contributed by atoms with Crippen LogP contribution in [0.5, 0.6) is 0 Å². The monoisotopic (exact) mass is 341 g/mol. The fourth-order valence-corrected chi connectivity index (χ4v) is 2.75. The molecule has 0 saturated carbocycles. The lowest BCUT2D eigenvalue weighted by Crippen LogP contribution is -2.38. The predicted octanol–water partition coefficient (Wildman–Crippen LogP) is 3.20. The summed E-state index contributed by atoms with van der Waals surface area (Å²) in [7, 11) is 1.83. The summed E-state index contributed by atoms with van der Waals surface area (Å²) in [6, 6.07) is 0. The van der Waals surface area contributed by atoms with E-state index >= 15 is 0 Å². The highest BCUT2D eigenvalue weighted by atomic mass is 16.5. The van der Waals surface area contributed by atoms with E-state index in [-0.39, 0.29) is 0 Å². The van der Waals surface area contributed by atoms with Gasteiger partial charge in [-0.05, 0) is 43.4 Å². The Morgan fingerprint density at radius 3 is 2.38 bits per heavy atom. The number of nitrogens with zero attached hydrogens (tertiary/aromatic N) is 1. The molecule has 0 radical (unpaired) electrons. The molecular weight excluding hydrogens is 302 g/mol. The van der Waals surface area contributed by atoms with Crippen molar-refractivity contribution >= 4 is 5.96 Å². The highest BCUT2D eigenvalue weighted by Gasteiger charge is 2.13. The molecule has 1 fully saturated rings. The number of hydrogen-bond donors (Lipinski definition) is 2. The molecular formula is C19H39N3O2. The first-order valence-electron chi connectivity index (χ1n) is 9.61. The zero-order chi connectivity index (χ0) is 17.7. The molecule has 0 aromatic carbocycles. The predicted molar refractivity (Wildman–Crippen MR) is 102 cm³/mol. The van der Waals surface area contributed by atoms with Gasteiger partial charge in [-0.25, -0.2) is 0 Å². The van der Waals surface area contributed by atoms with Crippen molar-refractivity contribution in [3.05, 3.63) is 0 Å². The van der Waals surface area contributed by atoms with Gasteiger partial charge in [-0.3, -0.25) is 4.99 Å². The van der Waals surface area contributed by atoms with Crippen molar-refractivity contribution in [2.75, 3.05) is 46.6 Å². The van der Waals surface area contributed by atoms with Gasteiger partial charge in [0.15, 0.2) is 5.96 Å². The third-order valence-electron chi connectivity index (χ3n) is 4.32. The molecule has 24 heavy (non-hydrogen) atoms. The molecule has 0 aromatic rings. The van der Waals surface area contributed by atoms with Crippen LogP contribution in [-0.4, -0.2) is 52.5 Å². The smallest absolute Gasteiger partial charge is 0.190 e. The average molecular weight is 342 g/mol. The van der Waals surface area contributed by atoms with E-state index in [9.17, 15) is 0 Å². The van der Waals surface area contributed by atoms with Crippen LogP contribution < -0.4 is 10.6 Å². The van der Waals surface area contributed by atoms with Crippen molar-refractivity contribution in [3.8, 4) is 0 Å². The van der Waals surface area contributed by atoms with Crippen LogP contribution in [-0.2, 0) is 9.47 Å². The van der Waals surface area contributed by atoms with Gasteiger partial charge in [0.2, 0.25) is 0 Å². The van der Waals surface area contributed by atoms with Crippen molar-refractivity contribution in [1.82, 2.24) is 10.6 Å². The maximum Gasteiger partial charge on any atom is 0.190 e. The molecule has 0 atom stereocenters. The van der Waals surface area contributed by atoms with Gasteiger partial charge >= 0.3 is 0 Å². The Labute approximate surface area is 149 Å². The molecule has 1 aliphatic heterocycles. The summed E-state index contributed by atoms with van der Waals surface area (Å²) in [5.74, 6) is 1.59. The van der Waals surface area contributed by atoms with Crippen molar-refractivity contribution in [3.63, 3.8) is 0 Å². The standard InChI is InChI=1S/C19H39N3O2/c1-19(2,3)10-5-6-11-21-18(20-4)22-12-7-13-24-16-17-8-14-23-15-9-17/h17H,5-16H2,1-4H3,(H2,20,21,22). The minimum atomic E-state index is 0.435. The summed E-state index contributed by atoms with van der Waals surface area (Å²) in [4.78, 5) is 4.27. The second kappa shape index (κ2) is 12.5. The summed E-state index contributed by atoms with van der Waals surface area (Å²) in [5, 5.41) is 6.74. The molecule has 1 saturated heterocycles. The number of ether oxygens (including phenoxy) is 2. The third-order valence-corrected chi connectivity index (χ3v) is 4.32. The average Bonchev–Trinajstić information content (AvgIpc) is 2.55. The topological polar surface area (TPSA) is 54.9 Å². The number of nitrogens with one attached hydrogen (secondary N) is 2. The molecule has 1 rings (SSSR count). The lowest BCUT2D eigenvalue weighted by molar-refractivity contribution is 0.0203. The summed E-state index contributed by atoms with van der Waals surface area (Å²) in [6.45, 7) is 12.3. The van der Waals surface area contributed by atoms with E-state index in [0.29, 0.717) is 11.3 Å². The molecule has 0 bridgehead atoms. The molecule has 2 N–H and O–H groups in total. The van der Waals surface area contributed by atoms with Gasteiger partial charge in [0.1, 0.15) is 0 Å². The van der Waals surface area contributed by atoms with E-state index in [0.717, 1.165) is 64.7 Å². The quantitative estimate of drug-likeness (QED) is 0.364. The Balaban J connectivity index is 1.94. The first-order valence-corrected chi connectivity index (χ1v) is 9.61. The van der Waals surface area contributed by atoms with E-state index in [1.165, 1.54) is 19.3 Å². The molecule has 5 heteroatoms. The van der Waals surface area contributed by atoms with Crippen LogP contribution in [0, 0.1) is 11.3 Å². The largest absolute Gasteiger partial charge is 0.381 e. The molecule has 1 heterocycles. The molecule has 1 aliphatic rings. The van der Waals surface area contributed by atoms with Crippen LogP contribution in [0.2, 0.25) is 0 Å². The van der Waals surface area contributed by atoms with E-state index in [2.05, 4.69) is 36.4 Å². The van der Waals surface area contributed by atoms with E-state index in [1.54, 1.807) is 0 Å². The number of hydrogen-bond acceptors (Lipinski definition) is 3. The highest BCUT2D eigenvalue weighted by molar-refractivity contribution is 5.79. The Hall–Kier alpha value is -0.810. The zero-order valence-electron chi connectivity index (χ0n) is 16.3. The van der Waals surface area contributed by atoms with Crippen molar-refractivity contribution < 1.29 is 9.47 Å². The summed E-state index contributed by atoms with van der Waals surface area (Å²) < 4.78 is 11.1. The molecule has 0 amide bonds. The number of unbranched alkanes of at least 4 members (excludes halogenated alkanes) is 1. The van der Waals surface area contributed by atoms with E-state index in [1.807, 2.05) is 7.05 Å². The second-order valence-corrected chi connectivity index (χ2v) is 7.93. The minimum Gasteiger partial charge on any atom is -0.381 e. The van der Waals surface area contributed by atoms with Crippen molar-refractivity contribution in [2.45, 2.75) is 59.3 Å². The zero-order valence-corrected chi connectivity index (χ0v) is 16.3. The first-order chi connectivity index (χ1) is 11.5. The molecule has 142 valence electrons. The van der Waals surface area contributed by atoms with Gasteiger partial charge < -0.3 is 20.1 Å². The van der Waals surface area contributed by atoms with Gasteiger partial charge in [0.25, 0.3) is 0 Å². The summed E-state index contributed by atoms with van der Waals surface area (Å²) in [5.41, 5.74) is 0.435. The van der Waals surface area contributed by atoms with Gasteiger partial charge in [-0.1, -0.05) is 27.2 Å². The van der Waals surface area contributed by atoms with Crippen LogP contribution >= 0.6 is 0 Å².